The number of rotatable bonds is 2. The fourth-order valence-electron chi connectivity index (χ4n) is 0.810. The molecule has 0 saturated carbocycles. The first-order chi connectivity index (χ1) is 5.90. The largest absolute Gasteiger partial charge is 0.364 e. The lowest BCUT2D eigenvalue weighted by Gasteiger charge is -1.78. The highest BCUT2D eigenvalue weighted by Gasteiger charge is 2.07. The van der Waals surface area contributed by atoms with E-state index in [1.807, 2.05) is 0 Å². The molecule has 0 spiro atoms. The highest BCUT2D eigenvalue weighted by atomic mass is 16.5. The minimum absolute atomic E-state index is 0.174. The summed E-state index contributed by atoms with van der Waals surface area (Å²) in [6, 6.07) is 3.12. The summed E-state index contributed by atoms with van der Waals surface area (Å²) in [7, 11) is 0. The first-order valence-electron chi connectivity index (χ1n) is 3.23. The van der Waals surface area contributed by atoms with E-state index in [0.717, 1.165) is 0 Å². The second-order valence-corrected chi connectivity index (χ2v) is 2.12. The summed E-state index contributed by atoms with van der Waals surface area (Å²) in [5.74, 6) is 0.174. The van der Waals surface area contributed by atoms with Gasteiger partial charge in [0, 0.05) is 12.1 Å². The molecule has 12 heavy (non-hydrogen) atoms. The molecule has 2 aromatic rings. The van der Waals surface area contributed by atoms with Gasteiger partial charge >= 0.3 is 0 Å². The Labute approximate surface area is 66.9 Å². The molecule has 0 N–H and O–H groups in total. The van der Waals surface area contributed by atoms with Crippen molar-refractivity contribution in [3.63, 3.8) is 0 Å². The van der Waals surface area contributed by atoms with Crippen LogP contribution in [0.15, 0.2) is 27.4 Å². The maximum atomic E-state index is 10.2. The molecule has 0 saturated heterocycles. The van der Waals surface area contributed by atoms with Crippen LogP contribution in [0, 0.1) is 0 Å². The summed E-state index contributed by atoms with van der Waals surface area (Å²) in [6.07, 6.45) is 2.00. The number of aromatic nitrogens is 2. The van der Waals surface area contributed by atoms with Gasteiger partial charge in [-0.1, -0.05) is 10.3 Å². The van der Waals surface area contributed by atoms with E-state index < -0.39 is 0 Å². The molecule has 0 amide bonds. The molecule has 5 heteroatoms. The van der Waals surface area contributed by atoms with Crippen LogP contribution >= 0.6 is 0 Å². The van der Waals surface area contributed by atoms with Crippen LogP contribution in [0.4, 0.5) is 0 Å². The molecule has 5 nitrogen and oxygen atoms in total. The number of hydrogen-bond acceptors (Lipinski definition) is 5. The predicted molar refractivity (Wildman–Crippen MR) is 37.4 cm³/mol. The second-order valence-electron chi connectivity index (χ2n) is 2.12. The van der Waals surface area contributed by atoms with E-state index in [-0.39, 0.29) is 5.76 Å². The Bertz CT molecular complexity index is 377. The smallest absolute Gasteiger partial charge is 0.199 e. The zero-order valence-electron chi connectivity index (χ0n) is 5.93. The fourth-order valence-corrected chi connectivity index (χ4v) is 0.810. The van der Waals surface area contributed by atoms with Gasteiger partial charge in [0.15, 0.2) is 12.0 Å². The Morgan fingerprint density at radius 3 is 2.83 bits per heavy atom. The Kier molecular flexibility index (Phi) is 1.48. The lowest BCUT2D eigenvalue weighted by atomic mass is 10.3. The van der Waals surface area contributed by atoms with Crippen molar-refractivity contribution in [1.29, 1.82) is 0 Å². The zero-order valence-corrected chi connectivity index (χ0v) is 5.93. The number of aldehydes is 1. The van der Waals surface area contributed by atoms with Gasteiger partial charge in [0.1, 0.15) is 17.7 Å². The summed E-state index contributed by atoms with van der Waals surface area (Å²) in [6.45, 7) is 0. The molecule has 0 radical (unpaired) electrons. The highest BCUT2D eigenvalue weighted by Crippen LogP contribution is 2.15. The second kappa shape index (κ2) is 2.61. The molecule has 0 aliphatic carbocycles. The van der Waals surface area contributed by atoms with E-state index >= 15 is 0 Å². The minimum Gasteiger partial charge on any atom is -0.364 e. The van der Waals surface area contributed by atoms with Gasteiger partial charge in [-0.15, -0.1) is 0 Å². The SMILES string of the molecule is O=Cc1cc(-c2ccon2)no1. The normalized spacial score (nSPS) is 10.0. The van der Waals surface area contributed by atoms with Gasteiger partial charge in [-0.05, 0) is 0 Å². The van der Waals surface area contributed by atoms with Crippen LogP contribution in [-0.4, -0.2) is 16.6 Å². The van der Waals surface area contributed by atoms with Crippen LogP contribution in [0.2, 0.25) is 0 Å². The summed E-state index contributed by atoms with van der Waals surface area (Å²) < 4.78 is 9.23. The Morgan fingerprint density at radius 2 is 2.25 bits per heavy atom. The van der Waals surface area contributed by atoms with Gasteiger partial charge < -0.3 is 9.05 Å². The third-order valence-electron chi connectivity index (χ3n) is 1.34. The molecular weight excluding hydrogens is 160 g/mol. The standard InChI is InChI=1S/C7H4N2O3/c10-4-5-3-7(9-12-5)6-1-2-11-8-6/h1-4H. The molecule has 0 bridgehead atoms. The number of carbonyl (C=O) groups excluding carboxylic acids is 1. The average molecular weight is 164 g/mol. The monoisotopic (exact) mass is 164 g/mol. The third-order valence-corrected chi connectivity index (χ3v) is 1.34. The van der Waals surface area contributed by atoms with E-state index in [9.17, 15) is 4.79 Å². The lowest BCUT2D eigenvalue weighted by molar-refractivity contribution is 0.109. The van der Waals surface area contributed by atoms with Crippen molar-refractivity contribution >= 4 is 6.29 Å². The van der Waals surface area contributed by atoms with Crippen molar-refractivity contribution < 1.29 is 13.8 Å². The fraction of sp³-hybridized carbons (Fsp3) is 0. The van der Waals surface area contributed by atoms with Crippen molar-refractivity contribution in [3.8, 4) is 11.4 Å². The summed E-state index contributed by atoms with van der Waals surface area (Å²) >= 11 is 0. The summed E-state index contributed by atoms with van der Waals surface area (Å²) in [4.78, 5) is 10.2. The van der Waals surface area contributed by atoms with Crippen molar-refractivity contribution in [2.75, 3.05) is 0 Å². The van der Waals surface area contributed by atoms with Crippen LogP contribution in [0.3, 0.4) is 0 Å². The average Bonchev–Trinajstić information content (AvgIpc) is 2.75. The van der Waals surface area contributed by atoms with Crippen LogP contribution in [-0.2, 0) is 0 Å². The number of carbonyl (C=O) groups is 1. The minimum atomic E-state index is 0.174. The predicted octanol–water partition coefficient (Wildman–Crippen LogP) is 1.14. The molecule has 0 fully saturated rings. The maximum absolute atomic E-state index is 10.2. The van der Waals surface area contributed by atoms with Crippen LogP contribution in [0.5, 0.6) is 0 Å². The molecule has 2 heterocycles. The number of hydrogen-bond donors (Lipinski definition) is 0. The first-order valence-corrected chi connectivity index (χ1v) is 3.23. The molecule has 0 unspecified atom stereocenters. The molecule has 2 aromatic heterocycles. The van der Waals surface area contributed by atoms with E-state index in [0.29, 0.717) is 17.7 Å². The van der Waals surface area contributed by atoms with E-state index in [4.69, 9.17) is 0 Å². The quantitative estimate of drug-likeness (QED) is 0.622. The van der Waals surface area contributed by atoms with Gasteiger partial charge in [-0.25, -0.2) is 0 Å². The van der Waals surface area contributed by atoms with Crippen LogP contribution < -0.4 is 0 Å². The third kappa shape index (κ3) is 1.01. The van der Waals surface area contributed by atoms with Gasteiger partial charge in [-0.3, -0.25) is 4.79 Å². The Balaban J connectivity index is 2.41. The molecule has 0 aliphatic heterocycles. The molecule has 2 rings (SSSR count). The first kappa shape index (κ1) is 6.78. The molecule has 0 aliphatic rings. The van der Waals surface area contributed by atoms with Gasteiger partial charge in [0.2, 0.25) is 0 Å². The molecule has 60 valence electrons. The van der Waals surface area contributed by atoms with Crippen LogP contribution in [0.25, 0.3) is 11.4 Å². The summed E-state index contributed by atoms with van der Waals surface area (Å²) in [5.41, 5.74) is 1.04. The zero-order chi connectivity index (χ0) is 8.39. The molecular formula is C7H4N2O3. The Hall–Kier alpha value is -1.91. The van der Waals surface area contributed by atoms with Crippen molar-refractivity contribution in [2.45, 2.75) is 0 Å². The van der Waals surface area contributed by atoms with E-state index in [1.54, 1.807) is 6.07 Å². The van der Waals surface area contributed by atoms with Gasteiger partial charge in [0.05, 0.1) is 0 Å². The van der Waals surface area contributed by atoms with Crippen LogP contribution in [0.1, 0.15) is 10.6 Å². The van der Waals surface area contributed by atoms with Gasteiger partial charge in [0.25, 0.3) is 0 Å². The van der Waals surface area contributed by atoms with Crippen molar-refractivity contribution in [2.24, 2.45) is 0 Å². The lowest BCUT2D eigenvalue weighted by Crippen LogP contribution is -1.73. The van der Waals surface area contributed by atoms with E-state index in [2.05, 4.69) is 19.4 Å². The van der Waals surface area contributed by atoms with Crippen molar-refractivity contribution in [1.82, 2.24) is 10.3 Å². The summed E-state index contributed by atoms with van der Waals surface area (Å²) in [5, 5.41) is 7.22. The Morgan fingerprint density at radius 1 is 1.33 bits per heavy atom. The van der Waals surface area contributed by atoms with E-state index in [1.165, 1.54) is 12.3 Å². The van der Waals surface area contributed by atoms with Crippen molar-refractivity contribution in [3.05, 3.63) is 24.2 Å². The molecule has 0 aromatic carbocycles. The highest BCUT2D eigenvalue weighted by molar-refractivity contribution is 5.72. The topological polar surface area (TPSA) is 69.1 Å². The van der Waals surface area contributed by atoms with Gasteiger partial charge in [-0.2, -0.15) is 0 Å². The maximum Gasteiger partial charge on any atom is 0.199 e. The number of nitrogens with zero attached hydrogens (tertiary/aromatic N) is 2. The molecule has 0 atom stereocenters.